The van der Waals surface area contributed by atoms with Crippen molar-refractivity contribution in [1.29, 1.82) is 0 Å². The third kappa shape index (κ3) is 3.32. The van der Waals surface area contributed by atoms with Gasteiger partial charge >= 0.3 is 0 Å². The minimum atomic E-state index is 0.490. The first-order valence-electron chi connectivity index (χ1n) is 6.70. The van der Waals surface area contributed by atoms with Gasteiger partial charge in [0.15, 0.2) is 0 Å². The van der Waals surface area contributed by atoms with E-state index >= 15 is 0 Å². The SMILES string of the molecule is CCN(Cc1cccc(CN)n1)c1ccccc1C. The number of anilines is 1. The molecule has 2 rings (SSSR count). The van der Waals surface area contributed by atoms with Crippen LogP contribution in [-0.2, 0) is 13.1 Å². The van der Waals surface area contributed by atoms with Gasteiger partial charge in [0, 0.05) is 18.8 Å². The van der Waals surface area contributed by atoms with Gasteiger partial charge in [-0.2, -0.15) is 0 Å². The summed E-state index contributed by atoms with van der Waals surface area (Å²) >= 11 is 0. The van der Waals surface area contributed by atoms with E-state index in [2.05, 4.69) is 54.1 Å². The Bertz CT molecular complexity index is 537. The molecule has 19 heavy (non-hydrogen) atoms. The number of hydrogen-bond acceptors (Lipinski definition) is 3. The van der Waals surface area contributed by atoms with Crippen LogP contribution in [0.25, 0.3) is 0 Å². The third-order valence-electron chi connectivity index (χ3n) is 3.26. The van der Waals surface area contributed by atoms with Gasteiger partial charge < -0.3 is 10.6 Å². The second-order valence-electron chi connectivity index (χ2n) is 4.63. The zero-order chi connectivity index (χ0) is 13.7. The van der Waals surface area contributed by atoms with Crippen molar-refractivity contribution in [3.05, 3.63) is 59.4 Å². The predicted molar refractivity (Wildman–Crippen MR) is 80.0 cm³/mol. The fourth-order valence-electron chi connectivity index (χ4n) is 2.21. The number of rotatable bonds is 5. The van der Waals surface area contributed by atoms with Crippen molar-refractivity contribution in [2.45, 2.75) is 26.9 Å². The van der Waals surface area contributed by atoms with Gasteiger partial charge in [-0.25, -0.2) is 0 Å². The van der Waals surface area contributed by atoms with E-state index in [4.69, 9.17) is 5.73 Å². The molecule has 0 saturated carbocycles. The number of benzene rings is 1. The molecule has 2 aromatic rings. The lowest BCUT2D eigenvalue weighted by Gasteiger charge is -2.24. The van der Waals surface area contributed by atoms with Gasteiger partial charge in [-0.05, 0) is 37.6 Å². The summed E-state index contributed by atoms with van der Waals surface area (Å²) in [5.41, 5.74) is 10.2. The molecule has 0 unspecified atom stereocenters. The highest BCUT2D eigenvalue weighted by molar-refractivity contribution is 5.53. The van der Waals surface area contributed by atoms with E-state index in [0.717, 1.165) is 24.5 Å². The molecule has 0 bridgehead atoms. The highest BCUT2D eigenvalue weighted by atomic mass is 15.1. The second kappa shape index (κ2) is 6.34. The quantitative estimate of drug-likeness (QED) is 0.893. The van der Waals surface area contributed by atoms with Crippen LogP contribution in [0.3, 0.4) is 0 Å². The molecule has 0 amide bonds. The van der Waals surface area contributed by atoms with E-state index in [1.807, 2.05) is 12.1 Å². The van der Waals surface area contributed by atoms with Gasteiger partial charge in [0.25, 0.3) is 0 Å². The molecule has 0 fully saturated rings. The van der Waals surface area contributed by atoms with E-state index in [0.29, 0.717) is 6.54 Å². The Morgan fingerprint density at radius 1 is 1.05 bits per heavy atom. The fraction of sp³-hybridized carbons (Fsp3) is 0.312. The van der Waals surface area contributed by atoms with E-state index in [1.54, 1.807) is 0 Å². The normalized spacial score (nSPS) is 10.5. The van der Waals surface area contributed by atoms with Crippen LogP contribution in [0, 0.1) is 6.92 Å². The lowest BCUT2D eigenvalue weighted by Crippen LogP contribution is -2.23. The smallest absolute Gasteiger partial charge is 0.0602 e. The summed E-state index contributed by atoms with van der Waals surface area (Å²) in [6.45, 7) is 6.57. The summed E-state index contributed by atoms with van der Waals surface area (Å²) in [6.07, 6.45) is 0. The summed E-state index contributed by atoms with van der Waals surface area (Å²) in [5.74, 6) is 0. The van der Waals surface area contributed by atoms with E-state index < -0.39 is 0 Å². The Labute approximate surface area is 115 Å². The standard InChI is InChI=1S/C16H21N3/c1-3-19(16-10-5-4-7-13(16)2)12-15-9-6-8-14(11-17)18-15/h4-10H,3,11-12,17H2,1-2H3. The molecule has 100 valence electrons. The number of hydrogen-bond donors (Lipinski definition) is 1. The molecule has 2 N–H and O–H groups in total. The topological polar surface area (TPSA) is 42.1 Å². The minimum absolute atomic E-state index is 0.490. The number of para-hydroxylation sites is 1. The molecular weight excluding hydrogens is 234 g/mol. The fourth-order valence-corrected chi connectivity index (χ4v) is 2.21. The minimum Gasteiger partial charge on any atom is -0.366 e. The summed E-state index contributed by atoms with van der Waals surface area (Å²) < 4.78 is 0. The molecule has 0 aliphatic heterocycles. The Morgan fingerprint density at radius 3 is 2.47 bits per heavy atom. The molecule has 3 heteroatoms. The molecular formula is C16H21N3. The molecule has 0 spiro atoms. The molecule has 0 aliphatic rings. The van der Waals surface area contributed by atoms with Gasteiger partial charge in [0.2, 0.25) is 0 Å². The number of nitrogens with zero attached hydrogens (tertiary/aromatic N) is 2. The number of aryl methyl sites for hydroxylation is 1. The van der Waals surface area contributed by atoms with Crippen molar-refractivity contribution in [1.82, 2.24) is 4.98 Å². The molecule has 0 saturated heterocycles. The number of aromatic nitrogens is 1. The molecule has 1 heterocycles. The van der Waals surface area contributed by atoms with Gasteiger partial charge in [-0.15, -0.1) is 0 Å². The average molecular weight is 255 g/mol. The second-order valence-corrected chi connectivity index (χ2v) is 4.63. The maximum absolute atomic E-state index is 5.64. The van der Waals surface area contributed by atoms with E-state index in [1.165, 1.54) is 11.3 Å². The van der Waals surface area contributed by atoms with Crippen molar-refractivity contribution in [2.75, 3.05) is 11.4 Å². The predicted octanol–water partition coefficient (Wildman–Crippen LogP) is 2.88. The third-order valence-corrected chi connectivity index (χ3v) is 3.26. The van der Waals surface area contributed by atoms with Crippen LogP contribution < -0.4 is 10.6 Å². The molecule has 1 aromatic carbocycles. The van der Waals surface area contributed by atoms with Crippen LogP contribution in [0.2, 0.25) is 0 Å². The number of pyridine rings is 1. The van der Waals surface area contributed by atoms with Crippen LogP contribution >= 0.6 is 0 Å². The van der Waals surface area contributed by atoms with Gasteiger partial charge in [-0.3, -0.25) is 4.98 Å². The summed E-state index contributed by atoms with van der Waals surface area (Å²) in [7, 11) is 0. The van der Waals surface area contributed by atoms with Crippen molar-refractivity contribution in [2.24, 2.45) is 5.73 Å². The Balaban J connectivity index is 2.21. The van der Waals surface area contributed by atoms with Gasteiger partial charge in [0.05, 0.1) is 17.9 Å². The maximum atomic E-state index is 5.64. The first kappa shape index (κ1) is 13.6. The Hall–Kier alpha value is -1.87. The Kier molecular flexibility index (Phi) is 4.53. The van der Waals surface area contributed by atoms with Crippen molar-refractivity contribution >= 4 is 5.69 Å². The zero-order valence-electron chi connectivity index (χ0n) is 11.6. The van der Waals surface area contributed by atoms with Crippen LogP contribution in [0.4, 0.5) is 5.69 Å². The zero-order valence-corrected chi connectivity index (χ0v) is 11.6. The highest BCUT2D eigenvalue weighted by Crippen LogP contribution is 2.20. The monoisotopic (exact) mass is 255 g/mol. The van der Waals surface area contributed by atoms with Gasteiger partial charge in [0.1, 0.15) is 0 Å². The molecule has 1 aromatic heterocycles. The number of nitrogens with two attached hydrogens (primary N) is 1. The maximum Gasteiger partial charge on any atom is 0.0602 e. The van der Waals surface area contributed by atoms with Crippen LogP contribution in [0.15, 0.2) is 42.5 Å². The molecule has 0 aliphatic carbocycles. The van der Waals surface area contributed by atoms with Crippen molar-refractivity contribution in [3.63, 3.8) is 0 Å². The highest BCUT2D eigenvalue weighted by Gasteiger charge is 2.08. The van der Waals surface area contributed by atoms with Crippen molar-refractivity contribution < 1.29 is 0 Å². The van der Waals surface area contributed by atoms with Crippen LogP contribution in [0.5, 0.6) is 0 Å². The van der Waals surface area contributed by atoms with E-state index in [9.17, 15) is 0 Å². The van der Waals surface area contributed by atoms with Gasteiger partial charge in [-0.1, -0.05) is 24.3 Å². The molecule has 3 nitrogen and oxygen atoms in total. The first-order valence-corrected chi connectivity index (χ1v) is 6.70. The first-order chi connectivity index (χ1) is 9.24. The molecule has 0 radical (unpaired) electrons. The summed E-state index contributed by atoms with van der Waals surface area (Å²) in [5, 5.41) is 0. The van der Waals surface area contributed by atoms with E-state index in [-0.39, 0.29) is 0 Å². The average Bonchev–Trinajstić information content (AvgIpc) is 2.46. The Morgan fingerprint density at radius 2 is 1.79 bits per heavy atom. The summed E-state index contributed by atoms with van der Waals surface area (Å²) in [6, 6.07) is 14.5. The largest absolute Gasteiger partial charge is 0.366 e. The lowest BCUT2D eigenvalue weighted by molar-refractivity contribution is 0.796. The van der Waals surface area contributed by atoms with Crippen molar-refractivity contribution in [3.8, 4) is 0 Å². The summed E-state index contributed by atoms with van der Waals surface area (Å²) in [4.78, 5) is 6.90. The molecule has 0 atom stereocenters. The van der Waals surface area contributed by atoms with Crippen LogP contribution in [-0.4, -0.2) is 11.5 Å². The van der Waals surface area contributed by atoms with Crippen LogP contribution in [0.1, 0.15) is 23.9 Å². The lowest BCUT2D eigenvalue weighted by atomic mass is 10.1.